The number of pyridine rings is 3. The van der Waals surface area contributed by atoms with E-state index in [9.17, 15) is 0 Å². The fourth-order valence-electron chi connectivity index (χ4n) is 6.50. The minimum Gasteiger partial charge on any atom is -0.298 e. The van der Waals surface area contributed by atoms with Gasteiger partial charge in [0, 0.05) is 40.3 Å². The van der Waals surface area contributed by atoms with E-state index in [4.69, 9.17) is 9.97 Å². The zero-order valence-corrected chi connectivity index (χ0v) is 25.4. The Morgan fingerprint density at radius 2 is 1.33 bits per heavy atom. The highest BCUT2D eigenvalue weighted by Gasteiger charge is 2.16. The standard InChI is InChI=1S/C42H30N4/c1-3-4-13-33-28(2)46(42-37(33)17-11-24-44-42)32-21-19-29(20-22-32)31-26-40(45-41(27-31)39-18-9-10-23-43-39)38-25-30-12-5-6-14-34(30)35-15-7-8-16-36(35)38/h3-27H,1H2,2H3/b13-4-. The van der Waals surface area contributed by atoms with Gasteiger partial charge in [0.05, 0.1) is 17.1 Å². The Morgan fingerprint density at radius 3 is 2.13 bits per heavy atom. The molecule has 0 amide bonds. The topological polar surface area (TPSA) is 43.6 Å². The van der Waals surface area contributed by atoms with Gasteiger partial charge in [0.1, 0.15) is 5.65 Å². The fourth-order valence-corrected chi connectivity index (χ4v) is 6.50. The van der Waals surface area contributed by atoms with Crippen molar-refractivity contribution in [2.45, 2.75) is 6.92 Å². The van der Waals surface area contributed by atoms with Gasteiger partial charge in [-0.3, -0.25) is 9.55 Å². The Kier molecular flexibility index (Phi) is 6.81. The average Bonchev–Trinajstić information content (AvgIpc) is 3.41. The van der Waals surface area contributed by atoms with Crippen molar-refractivity contribution in [3.8, 4) is 39.5 Å². The summed E-state index contributed by atoms with van der Waals surface area (Å²) >= 11 is 0. The molecule has 0 N–H and O–H groups in total. The van der Waals surface area contributed by atoms with E-state index in [1.165, 1.54) is 21.5 Å². The normalized spacial score (nSPS) is 11.6. The lowest BCUT2D eigenvalue weighted by Gasteiger charge is -2.14. The first-order valence-corrected chi connectivity index (χ1v) is 15.4. The van der Waals surface area contributed by atoms with E-state index in [0.717, 1.165) is 61.8 Å². The maximum absolute atomic E-state index is 5.21. The third-order valence-corrected chi connectivity index (χ3v) is 8.67. The van der Waals surface area contributed by atoms with Crippen molar-refractivity contribution in [3.05, 3.63) is 164 Å². The molecule has 0 bridgehead atoms. The number of aromatic nitrogens is 4. The van der Waals surface area contributed by atoms with E-state index < -0.39 is 0 Å². The van der Waals surface area contributed by atoms with E-state index in [0.29, 0.717) is 0 Å². The van der Waals surface area contributed by atoms with Gasteiger partial charge in [-0.15, -0.1) is 0 Å². The van der Waals surface area contributed by atoms with Crippen LogP contribution in [0.4, 0.5) is 0 Å². The second-order valence-electron chi connectivity index (χ2n) is 11.4. The molecule has 46 heavy (non-hydrogen) atoms. The molecule has 4 heterocycles. The van der Waals surface area contributed by atoms with E-state index >= 15 is 0 Å². The number of hydrogen-bond donors (Lipinski definition) is 0. The number of fused-ring (bicyclic) bond motifs is 4. The van der Waals surface area contributed by atoms with Crippen LogP contribution in [0.5, 0.6) is 0 Å². The lowest BCUT2D eigenvalue weighted by Crippen LogP contribution is -1.98. The highest BCUT2D eigenvalue weighted by Crippen LogP contribution is 2.37. The SMILES string of the molecule is C=C/C=C\c1c(C)n(-c2ccc(-c3cc(-c4ccccn4)nc(-c4cc5ccccc5c5ccccc45)c3)cc2)c2ncccc12. The van der Waals surface area contributed by atoms with Gasteiger partial charge in [-0.2, -0.15) is 0 Å². The number of benzene rings is 4. The number of allylic oxidation sites excluding steroid dienone is 2. The molecule has 0 radical (unpaired) electrons. The predicted octanol–water partition coefficient (Wildman–Crippen LogP) is 10.6. The third kappa shape index (κ3) is 4.68. The van der Waals surface area contributed by atoms with Gasteiger partial charge in [-0.1, -0.05) is 91.5 Å². The highest BCUT2D eigenvalue weighted by molar-refractivity contribution is 6.13. The Balaban J connectivity index is 1.30. The Bertz CT molecular complexity index is 2430. The van der Waals surface area contributed by atoms with Crippen LogP contribution in [0.1, 0.15) is 11.3 Å². The second-order valence-corrected chi connectivity index (χ2v) is 11.4. The molecule has 0 spiro atoms. The van der Waals surface area contributed by atoms with Crippen molar-refractivity contribution in [1.82, 2.24) is 19.5 Å². The summed E-state index contributed by atoms with van der Waals surface area (Å²) in [5.41, 5.74) is 10.1. The van der Waals surface area contributed by atoms with Gasteiger partial charge < -0.3 is 0 Å². The molecule has 8 aromatic rings. The summed E-state index contributed by atoms with van der Waals surface area (Å²) in [4.78, 5) is 14.6. The molecular weight excluding hydrogens is 560 g/mol. The summed E-state index contributed by atoms with van der Waals surface area (Å²) in [5.74, 6) is 0. The predicted molar refractivity (Wildman–Crippen MR) is 192 cm³/mol. The van der Waals surface area contributed by atoms with Gasteiger partial charge in [0.25, 0.3) is 0 Å². The zero-order valence-electron chi connectivity index (χ0n) is 25.4. The lowest BCUT2D eigenvalue weighted by molar-refractivity contribution is 1.03. The molecule has 0 saturated heterocycles. The molecule has 0 aliphatic heterocycles. The maximum atomic E-state index is 5.21. The summed E-state index contributed by atoms with van der Waals surface area (Å²) in [6.45, 7) is 5.99. The number of hydrogen-bond acceptors (Lipinski definition) is 3. The van der Waals surface area contributed by atoms with Crippen molar-refractivity contribution in [2.24, 2.45) is 0 Å². The highest BCUT2D eigenvalue weighted by atomic mass is 15.0. The van der Waals surface area contributed by atoms with Crippen LogP contribution >= 0.6 is 0 Å². The van der Waals surface area contributed by atoms with Crippen LogP contribution in [0, 0.1) is 6.92 Å². The first-order valence-electron chi connectivity index (χ1n) is 15.4. The lowest BCUT2D eigenvalue weighted by atomic mass is 9.94. The van der Waals surface area contributed by atoms with Crippen LogP contribution in [0.2, 0.25) is 0 Å². The van der Waals surface area contributed by atoms with Crippen molar-refractivity contribution in [3.63, 3.8) is 0 Å². The molecule has 4 heteroatoms. The molecule has 0 saturated carbocycles. The molecule has 0 atom stereocenters. The summed E-state index contributed by atoms with van der Waals surface area (Å²) in [6.07, 6.45) is 9.55. The van der Waals surface area contributed by atoms with E-state index in [2.05, 4.69) is 126 Å². The maximum Gasteiger partial charge on any atom is 0.145 e. The second kappa shape index (κ2) is 11.4. The van der Waals surface area contributed by atoms with Gasteiger partial charge >= 0.3 is 0 Å². The Hall–Kier alpha value is -6.13. The molecular formula is C42H30N4. The fraction of sp³-hybridized carbons (Fsp3) is 0.0238. The summed E-state index contributed by atoms with van der Waals surface area (Å²) in [7, 11) is 0. The molecule has 218 valence electrons. The van der Waals surface area contributed by atoms with Crippen LogP contribution in [0.15, 0.2) is 152 Å². The van der Waals surface area contributed by atoms with E-state index in [-0.39, 0.29) is 0 Å². The minimum absolute atomic E-state index is 0.838. The van der Waals surface area contributed by atoms with Gasteiger partial charge in [0.2, 0.25) is 0 Å². The summed E-state index contributed by atoms with van der Waals surface area (Å²) in [6, 6.07) is 42.5. The first kappa shape index (κ1) is 27.4. The van der Waals surface area contributed by atoms with Gasteiger partial charge in [-0.05, 0) is 94.2 Å². The summed E-state index contributed by atoms with van der Waals surface area (Å²) < 4.78 is 2.22. The zero-order chi connectivity index (χ0) is 31.0. The quantitative estimate of drug-likeness (QED) is 0.143. The summed E-state index contributed by atoms with van der Waals surface area (Å²) in [5, 5.41) is 5.94. The van der Waals surface area contributed by atoms with Crippen LogP contribution in [0.25, 0.3) is 78.1 Å². The molecule has 4 aromatic carbocycles. The van der Waals surface area contributed by atoms with Crippen molar-refractivity contribution >= 4 is 38.7 Å². The molecule has 0 unspecified atom stereocenters. The largest absolute Gasteiger partial charge is 0.298 e. The molecule has 4 nitrogen and oxygen atoms in total. The third-order valence-electron chi connectivity index (χ3n) is 8.67. The van der Waals surface area contributed by atoms with E-state index in [1.54, 1.807) is 6.08 Å². The minimum atomic E-state index is 0.838. The molecule has 0 aliphatic carbocycles. The van der Waals surface area contributed by atoms with Gasteiger partial charge in [-0.25, -0.2) is 9.97 Å². The number of rotatable bonds is 6. The molecule has 8 rings (SSSR count). The smallest absolute Gasteiger partial charge is 0.145 e. The molecule has 0 fully saturated rings. The Morgan fingerprint density at radius 1 is 0.609 bits per heavy atom. The molecule has 4 aromatic heterocycles. The van der Waals surface area contributed by atoms with Gasteiger partial charge in [0.15, 0.2) is 0 Å². The van der Waals surface area contributed by atoms with Crippen molar-refractivity contribution in [2.75, 3.05) is 0 Å². The van der Waals surface area contributed by atoms with E-state index in [1.807, 2.05) is 42.7 Å². The number of nitrogens with zero attached hydrogens (tertiary/aromatic N) is 4. The van der Waals surface area contributed by atoms with Crippen LogP contribution in [0.3, 0.4) is 0 Å². The average molecular weight is 591 g/mol. The van der Waals surface area contributed by atoms with Crippen molar-refractivity contribution < 1.29 is 0 Å². The monoisotopic (exact) mass is 590 g/mol. The Labute approximate surface area is 267 Å². The van der Waals surface area contributed by atoms with Crippen LogP contribution in [-0.4, -0.2) is 19.5 Å². The first-order chi connectivity index (χ1) is 22.7. The van der Waals surface area contributed by atoms with Crippen molar-refractivity contribution in [1.29, 1.82) is 0 Å². The van der Waals surface area contributed by atoms with Crippen LogP contribution in [-0.2, 0) is 0 Å². The van der Waals surface area contributed by atoms with Crippen LogP contribution < -0.4 is 0 Å². The molecule has 0 aliphatic rings.